The first kappa shape index (κ1) is 20.9. The Balaban J connectivity index is 1.30. The van der Waals surface area contributed by atoms with Crippen LogP contribution < -0.4 is 21.9 Å². The third-order valence-electron chi connectivity index (χ3n) is 6.53. The molecule has 1 unspecified atom stereocenters. The lowest BCUT2D eigenvalue weighted by Gasteiger charge is -2.34. The molecule has 7 nitrogen and oxygen atoms in total. The van der Waals surface area contributed by atoms with Crippen LogP contribution in [-0.4, -0.2) is 55.1 Å². The number of piperidine rings is 2. The van der Waals surface area contributed by atoms with Crippen LogP contribution in [0.4, 0.5) is 5.69 Å². The van der Waals surface area contributed by atoms with E-state index in [0.29, 0.717) is 12.6 Å². The summed E-state index contributed by atoms with van der Waals surface area (Å²) in [6.07, 6.45) is 6.22. The summed E-state index contributed by atoms with van der Waals surface area (Å²) in [4.78, 5) is 21.8. The molecule has 2 aliphatic heterocycles. The van der Waals surface area contributed by atoms with Crippen LogP contribution in [0, 0.1) is 11.8 Å². The van der Waals surface area contributed by atoms with E-state index >= 15 is 0 Å². The maximum atomic E-state index is 11.7. The molecule has 3 heterocycles. The molecule has 1 atom stereocenters. The lowest BCUT2D eigenvalue weighted by atomic mass is 9.92. The number of anilines is 1. The minimum Gasteiger partial charge on any atom is -0.387 e. The number of amidine groups is 1. The van der Waals surface area contributed by atoms with Gasteiger partial charge in [-0.05, 0) is 76.3 Å². The molecular weight excluding hydrogens is 376 g/mol. The molecule has 1 aromatic carbocycles. The molecule has 0 aliphatic carbocycles. The number of nitrogens with two attached hydrogens (primary N) is 1. The van der Waals surface area contributed by atoms with E-state index in [1.807, 2.05) is 24.3 Å². The molecular formula is C23H34N6O. The summed E-state index contributed by atoms with van der Waals surface area (Å²) in [5.74, 6) is 1.94. The van der Waals surface area contributed by atoms with Gasteiger partial charge in [-0.1, -0.05) is 12.1 Å². The average molecular weight is 411 g/mol. The molecule has 2 aromatic rings. The maximum Gasteiger partial charge on any atom is 0.248 e. The monoisotopic (exact) mass is 410 g/mol. The van der Waals surface area contributed by atoms with Crippen molar-refractivity contribution in [1.29, 1.82) is 0 Å². The van der Waals surface area contributed by atoms with E-state index in [0.717, 1.165) is 41.3 Å². The highest BCUT2D eigenvalue weighted by Gasteiger charge is 2.23. The molecule has 0 bridgehead atoms. The van der Waals surface area contributed by atoms with Crippen LogP contribution in [0.2, 0.25) is 0 Å². The number of H-pyrrole nitrogens is 1. The summed E-state index contributed by atoms with van der Waals surface area (Å²) < 4.78 is 0. The molecule has 7 heteroatoms. The van der Waals surface area contributed by atoms with Crippen molar-refractivity contribution < 1.29 is 0 Å². The van der Waals surface area contributed by atoms with Gasteiger partial charge in [0.15, 0.2) is 0 Å². The quantitative estimate of drug-likeness (QED) is 0.415. The van der Waals surface area contributed by atoms with E-state index in [4.69, 9.17) is 5.73 Å². The zero-order valence-corrected chi connectivity index (χ0v) is 17.7. The Morgan fingerprint density at radius 1 is 1.20 bits per heavy atom. The fourth-order valence-corrected chi connectivity index (χ4v) is 4.71. The molecule has 2 aliphatic rings. The standard InChI is InChI=1S/C23H34N6O/c24-23(19-4-2-13-29(15-19)14-10-17-8-11-25-12-9-17)27-16-26-20-5-1-3-18-6-7-21(30)28-22(18)20/h1,3,5-7,17,19,25-26H,2,4,8-16H2,(H2,24,27)(H,28,30). The van der Waals surface area contributed by atoms with Gasteiger partial charge >= 0.3 is 0 Å². The van der Waals surface area contributed by atoms with Gasteiger partial charge in [0.25, 0.3) is 0 Å². The molecule has 2 fully saturated rings. The third kappa shape index (κ3) is 5.40. The Labute approximate surface area is 178 Å². The fraction of sp³-hybridized carbons (Fsp3) is 0.565. The first-order chi connectivity index (χ1) is 14.7. The second-order valence-electron chi connectivity index (χ2n) is 8.63. The topological polar surface area (TPSA) is 98.5 Å². The summed E-state index contributed by atoms with van der Waals surface area (Å²) in [5.41, 5.74) is 7.94. The Morgan fingerprint density at radius 2 is 2.07 bits per heavy atom. The Hall–Kier alpha value is -2.38. The van der Waals surface area contributed by atoms with Gasteiger partial charge in [0.1, 0.15) is 12.5 Å². The van der Waals surface area contributed by atoms with Crippen molar-refractivity contribution in [2.75, 3.05) is 44.7 Å². The van der Waals surface area contributed by atoms with Crippen LogP contribution in [0.5, 0.6) is 0 Å². The zero-order valence-electron chi connectivity index (χ0n) is 17.7. The molecule has 0 saturated carbocycles. The van der Waals surface area contributed by atoms with Gasteiger partial charge < -0.3 is 26.3 Å². The third-order valence-corrected chi connectivity index (χ3v) is 6.53. The van der Waals surface area contributed by atoms with Crippen molar-refractivity contribution >= 4 is 22.4 Å². The van der Waals surface area contributed by atoms with E-state index in [2.05, 4.69) is 25.5 Å². The van der Waals surface area contributed by atoms with Crippen molar-refractivity contribution in [3.05, 3.63) is 40.7 Å². The predicted molar refractivity (Wildman–Crippen MR) is 124 cm³/mol. The number of nitrogens with zero attached hydrogens (tertiary/aromatic N) is 2. The lowest BCUT2D eigenvalue weighted by molar-refractivity contribution is 0.183. The molecule has 2 saturated heterocycles. The highest BCUT2D eigenvalue weighted by atomic mass is 16.1. The van der Waals surface area contributed by atoms with Gasteiger partial charge in [-0.2, -0.15) is 0 Å². The smallest absolute Gasteiger partial charge is 0.248 e. The lowest BCUT2D eigenvalue weighted by Crippen LogP contribution is -2.42. The SMILES string of the molecule is N/C(=N\CNc1cccc2ccc(=O)[nH]c12)C1CCCN(CCC2CCNCC2)C1. The number of rotatable bonds is 7. The van der Waals surface area contributed by atoms with Crippen molar-refractivity contribution in [3.8, 4) is 0 Å². The van der Waals surface area contributed by atoms with Crippen molar-refractivity contribution in [2.45, 2.75) is 32.1 Å². The van der Waals surface area contributed by atoms with E-state index in [-0.39, 0.29) is 5.56 Å². The van der Waals surface area contributed by atoms with E-state index in [1.54, 1.807) is 6.07 Å². The molecule has 0 radical (unpaired) electrons. The molecule has 162 valence electrons. The first-order valence-electron chi connectivity index (χ1n) is 11.3. The van der Waals surface area contributed by atoms with Gasteiger partial charge in [-0.15, -0.1) is 0 Å². The Morgan fingerprint density at radius 3 is 2.93 bits per heavy atom. The minimum atomic E-state index is -0.105. The Kier molecular flexibility index (Phi) is 7.02. The van der Waals surface area contributed by atoms with Crippen LogP contribution in [0.1, 0.15) is 32.1 Å². The maximum absolute atomic E-state index is 11.7. The molecule has 30 heavy (non-hydrogen) atoms. The first-order valence-corrected chi connectivity index (χ1v) is 11.3. The number of nitrogens with one attached hydrogen (secondary N) is 3. The fourth-order valence-electron chi connectivity index (χ4n) is 4.71. The summed E-state index contributed by atoms with van der Waals surface area (Å²) in [7, 11) is 0. The summed E-state index contributed by atoms with van der Waals surface area (Å²) in [5, 5.41) is 7.75. The van der Waals surface area contributed by atoms with Gasteiger partial charge in [-0.3, -0.25) is 9.79 Å². The van der Waals surface area contributed by atoms with Gasteiger partial charge in [0, 0.05) is 23.9 Å². The number of aromatic nitrogens is 1. The second-order valence-corrected chi connectivity index (χ2v) is 8.63. The molecule has 0 spiro atoms. The predicted octanol–water partition coefficient (Wildman–Crippen LogP) is 2.36. The molecule has 5 N–H and O–H groups in total. The number of pyridine rings is 1. The largest absolute Gasteiger partial charge is 0.387 e. The average Bonchev–Trinajstić information content (AvgIpc) is 2.79. The molecule has 4 rings (SSSR count). The van der Waals surface area contributed by atoms with E-state index in [1.165, 1.54) is 51.9 Å². The van der Waals surface area contributed by atoms with Gasteiger partial charge in [0.05, 0.1) is 11.2 Å². The molecule has 0 amide bonds. The number of hydrogen-bond donors (Lipinski definition) is 4. The normalized spacial score (nSPS) is 21.7. The van der Waals surface area contributed by atoms with E-state index in [9.17, 15) is 4.79 Å². The Bertz CT molecular complexity index is 917. The van der Waals surface area contributed by atoms with Gasteiger partial charge in [0.2, 0.25) is 5.56 Å². The number of hydrogen-bond acceptors (Lipinski definition) is 5. The van der Waals surface area contributed by atoms with Crippen molar-refractivity contribution in [2.24, 2.45) is 22.6 Å². The van der Waals surface area contributed by atoms with Crippen LogP contribution in [0.15, 0.2) is 40.1 Å². The highest BCUT2D eigenvalue weighted by molar-refractivity contribution is 5.90. The van der Waals surface area contributed by atoms with Crippen LogP contribution >= 0.6 is 0 Å². The number of para-hydroxylation sites is 1. The summed E-state index contributed by atoms with van der Waals surface area (Å²) >= 11 is 0. The second kappa shape index (κ2) is 10.1. The number of aliphatic imine (C=N–C) groups is 1. The summed E-state index contributed by atoms with van der Waals surface area (Å²) in [6.45, 7) is 6.12. The van der Waals surface area contributed by atoms with Crippen molar-refractivity contribution in [3.63, 3.8) is 0 Å². The highest BCUT2D eigenvalue weighted by Crippen LogP contribution is 2.22. The number of likely N-dealkylation sites (tertiary alicyclic amines) is 1. The number of fused-ring (bicyclic) bond motifs is 1. The van der Waals surface area contributed by atoms with Gasteiger partial charge in [-0.25, -0.2) is 0 Å². The van der Waals surface area contributed by atoms with Crippen LogP contribution in [0.3, 0.4) is 0 Å². The zero-order chi connectivity index (χ0) is 20.8. The number of aromatic amines is 1. The van der Waals surface area contributed by atoms with Crippen LogP contribution in [0.25, 0.3) is 10.9 Å². The summed E-state index contributed by atoms with van der Waals surface area (Å²) in [6, 6.07) is 9.28. The number of benzene rings is 1. The van der Waals surface area contributed by atoms with Crippen LogP contribution in [-0.2, 0) is 0 Å². The van der Waals surface area contributed by atoms with Crippen molar-refractivity contribution in [1.82, 2.24) is 15.2 Å². The minimum absolute atomic E-state index is 0.105. The van der Waals surface area contributed by atoms with E-state index < -0.39 is 0 Å². The molecule has 1 aromatic heterocycles.